The summed E-state index contributed by atoms with van der Waals surface area (Å²) in [6.45, 7) is 0. The van der Waals surface area contributed by atoms with E-state index in [-0.39, 0.29) is 0 Å². The first-order valence-corrected chi connectivity index (χ1v) is 2.61. The van der Waals surface area contributed by atoms with Crippen molar-refractivity contribution in [3.05, 3.63) is 24.7 Å². The second-order valence-corrected chi connectivity index (χ2v) is 1.86. The van der Waals surface area contributed by atoms with E-state index in [1.54, 1.807) is 12.5 Å². The van der Waals surface area contributed by atoms with E-state index in [0.29, 0.717) is 12.2 Å². The fourth-order valence-electron chi connectivity index (χ4n) is 0.737. The highest BCUT2D eigenvalue weighted by molar-refractivity contribution is 5.11. The SMILES string of the molecule is C1=CC2OC2C=CO1. The van der Waals surface area contributed by atoms with Gasteiger partial charge in [0.15, 0.2) is 0 Å². The fraction of sp³-hybridized carbons (Fsp3) is 0.333. The molecule has 2 heteroatoms. The van der Waals surface area contributed by atoms with E-state index in [1.807, 2.05) is 12.2 Å². The molecule has 2 nitrogen and oxygen atoms in total. The van der Waals surface area contributed by atoms with Crippen LogP contribution in [0.1, 0.15) is 0 Å². The summed E-state index contributed by atoms with van der Waals surface area (Å²) in [5.41, 5.74) is 0. The molecule has 0 radical (unpaired) electrons. The summed E-state index contributed by atoms with van der Waals surface area (Å²) >= 11 is 0. The molecule has 0 aliphatic carbocycles. The third kappa shape index (κ3) is 0.537. The van der Waals surface area contributed by atoms with Crippen molar-refractivity contribution < 1.29 is 9.47 Å². The number of hydrogen-bond acceptors (Lipinski definition) is 2. The molecule has 0 spiro atoms. The summed E-state index contributed by atoms with van der Waals surface area (Å²) in [5.74, 6) is 0. The number of hydrogen-bond donors (Lipinski definition) is 0. The largest absolute Gasteiger partial charge is 0.473 e. The number of rotatable bonds is 0. The van der Waals surface area contributed by atoms with Crippen LogP contribution in [0.25, 0.3) is 0 Å². The lowest BCUT2D eigenvalue weighted by molar-refractivity contribution is 0.368. The zero-order valence-electron chi connectivity index (χ0n) is 4.28. The maximum absolute atomic E-state index is 5.10. The summed E-state index contributed by atoms with van der Waals surface area (Å²) < 4.78 is 9.96. The van der Waals surface area contributed by atoms with Crippen LogP contribution >= 0.6 is 0 Å². The first-order valence-electron chi connectivity index (χ1n) is 2.61. The highest BCUT2D eigenvalue weighted by Crippen LogP contribution is 2.25. The molecule has 2 heterocycles. The molecule has 0 amide bonds. The number of ether oxygens (including phenoxy) is 2. The first-order chi connectivity index (χ1) is 3.97. The fourth-order valence-corrected chi connectivity index (χ4v) is 0.737. The second-order valence-electron chi connectivity index (χ2n) is 1.86. The van der Waals surface area contributed by atoms with Gasteiger partial charge in [0.2, 0.25) is 0 Å². The third-order valence-electron chi connectivity index (χ3n) is 1.26. The Morgan fingerprint density at radius 3 is 2.25 bits per heavy atom. The minimum Gasteiger partial charge on any atom is -0.473 e. The minimum absolute atomic E-state index is 0.300. The van der Waals surface area contributed by atoms with Crippen LogP contribution in [0.3, 0.4) is 0 Å². The molecule has 0 aromatic heterocycles. The monoisotopic (exact) mass is 110 g/mol. The molecular weight excluding hydrogens is 104 g/mol. The van der Waals surface area contributed by atoms with Crippen molar-refractivity contribution in [1.82, 2.24) is 0 Å². The summed E-state index contributed by atoms with van der Waals surface area (Å²) in [6, 6.07) is 0. The van der Waals surface area contributed by atoms with E-state index in [4.69, 9.17) is 9.47 Å². The van der Waals surface area contributed by atoms with Gasteiger partial charge in [0.1, 0.15) is 12.2 Å². The zero-order valence-corrected chi connectivity index (χ0v) is 4.28. The van der Waals surface area contributed by atoms with Crippen LogP contribution in [0.4, 0.5) is 0 Å². The van der Waals surface area contributed by atoms with Crippen molar-refractivity contribution in [3.8, 4) is 0 Å². The Morgan fingerprint density at radius 1 is 1.00 bits per heavy atom. The van der Waals surface area contributed by atoms with Gasteiger partial charge in [-0.3, -0.25) is 0 Å². The van der Waals surface area contributed by atoms with Crippen molar-refractivity contribution >= 4 is 0 Å². The van der Waals surface area contributed by atoms with E-state index < -0.39 is 0 Å². The van der Waals surface area contributed by atoms with Crippen molar-refractivity contribution in [2.45, 2.75) is 12.2 Å². The molecule has 1 fully saturated rings. The molecule has 2 atom stereocenters. The van der Waals surface area contributed by atoms with Gasteiger partial charge >= 0.3 is 0 Å². The normalized spacial score (nSPS) is 40.0. The van der Waals surface area contributed by atoms with Crippen molar-refractivity contribution in [2.75, 3.05) is 0 Å². The Labute approximate surface area is 47.4 Å². The van der Waals surface area contributed by atoms with Crippen molar-refractivity contribution in [1.29, 1.82) is 0 Å². The standard InChI is InChI=1S/C6H6O2/c1-3-7-4-2-6-5(1)8-6/h1-6H. The molecule has 1 saturated heterocycles. The zero-order chi connectivity index (χ0) is 5.40. The molecule has 2 rings (SSSR count). The van der Waals surface area contributed by atoms with Gasteiger partial charge in [-0.05, 0) is 12.2 Å². The van der Waals surface area contributed by atoms with Gasteiger partial charge < -0.3 is 9.47 Å². The van der Waals surface area contributed by atoms with Gasteiger partial charge in [-0.25, -0.2) is 0 Å². The maximum atomic E-state index is 5.10. The Bertz CT molecular complexity index is 133. The summed E-state index contributed by atoms with van der Waals surface area (Å²) in [5, 5.41) is 0. The van der Waals surface area contributed by atoms with Crippen molar-refractivity contribution in [2.24, 2.45) is 0 Å². The predicted octanol–water partition coefficient (Wildman–Crippen LogP) is 0.811. The van der Waals surface area contributed by atoms with Crippen LogP contribution in [0.5, 0.6) is 0 Å². The van der Waals surface area contributed by atoms with Gasteiger partial charge in [-0.1, -0.05) is 0 Å². The lowest BCUT2D eigenvalue weighted by Crippen LogP contribution is -1.79. The van der Waals surface area contributed by atoms with E-state index in [9.17, 15) is 0 Å². The molecule has 0 saturated carbocycles. The highest BCUT2D eigenvalue weighted by Gasteiger charge is 2.34. The molecule has 42 valence electrons. The molecule has 2 aliphatic rings. The van der Waals surface area contributed by atoms with Crippen LogP contribution in [-0.2, 0) is 9.47 Å². The van der Waals surface area contributed by atoms with Gasteiger partial charge in [-0.15, -0.1) is 0 Å². The Kier molecular flexibility index (Phi) is 0.704. The van der Waals surface area contributed by atoms with Gasteiger partial charge in [0.05, 0.1) is 12.5 Å². The lowest BCUT2D eigenvalue weighted by Gasteiger charge is -1.82. The molecule has 0 bridgehead atoms. The topological polar surface area (TPSA) is 21.8 Å². The highest BCUT2D eigenvalue weighted by atomic mass is 16.6. The van der Waals surface area contributed by atoms with Crippen molar-refractivity contribution in [3.63, 3.8) is 0 Å². The maximum Gasteiger partial charge on any atom is 0.110 e. The minimum atomic E-state index is 0.300. The third-order valence-corrected chi connectivity index (χ3v) is 1.26. The van der Waals surface area contributed by atoms with Gasteiger partial charge in [0, 0.05) is 0 Å². The molecule has 0 aromatic rings. The summed E-state index contributed by atoms with van der Waals surface area (Å²) in [6.07, 6.45) is 7.71. The summed E-state index contributed by atoms with van der Waals surface area (Å²) in [4.78, 5) is 0. The van der Waals surface area contributed by atoms with Crippen LogP contribution < -0.4 is 0 Å². The Balaban J connectivity index is 2.17. The molecule has 8 heavy (non-hydrogen) atoms. The first kappa shape index (κ1) is 4.15. The Hall–Kier alpha value is -0.760. The average molecular weight is 110 g/mol. The van der Waals surface area contributed by atoms with Gasteiger partial charge in [-0.2, -0.15) is 0 Å². The average Bonchev–Trinajstić information content (AvgIpc) is 2.36. The second kappa shape index (κ2) is 1.36. The van der Waals surface area contributed by atoms with E-state index in [0.717, 1.165) is 0 Å². The van der Waals surface area contributed by atoms with Crippen LogP contribution in [0.2, 0.25) is 0 Å². The van der Waals surface area contributed by atoms with E-state index in [2.05, 4.69) is 0 Å². The Morgan fingerprint density at radius 2 is 1.62 bits per heavy atom. The molecular formula is C6H6O2. The van der Waals surface area contributed by atoms with Crippen LogP contribution in [-0.4, -0.2) is 12.2 Å². The number of fused-ring (bicyclic) bond motifs is 1. The van der Waals surface area contributed by atoms with Gasteiger partial charge in [0.25, 0.3) is 0 Å². The van der Waals surface area contributed by atoms with E-state index >= 15 is 0 Å². The molecule has 2 aliphatic heterocycles. The molecule has 0 aromatic carbocycles. The molecule has 2 unspecified atom stereocenters. The lowest BCUT2D eigenvalue weighted by atomic mass is 10.3. The quantitative estimate of drug-likeness (QED) is 0.430. The molecule has 0 N–H and O–H groups in total. The van der Waals surface area contributed by atoms with Crippen LogP contribution in [0, 0.1) is 0 Å². The predicted molar refractivity (Wildman–Crippen MR) is 28.0 cm³/mol. The smallest absolute Gasteiger partial charge is 0.110 e. The number of epoxide rings is 1. The summed E-state index contributed by atoms with van der Waals surface area (Å²) in [7, 11) is 0. The van der Waals surface area contributed by atoms with E-state index in [1.165, 1.54) is 0 Å². The van der Waals surface area contributed by atoms with Crippen LogP contribution in [0.15, 0.2) is 24.7 Å².